The predicted octanol–water partition coefficient (Wildman–Crippen LogP) is 4.55. The SMILES string of the molecule is Cc1cc(N/N=C\c2ccc(Cl)c([N+](=O)[O-])c2)nc2ccccc12. The van der Waals surface area contributed by atoms with E-state index in [0.29, 0.717) is 11.4 Å². The lowest BCUT2D eigenvalue weighted by Crippen LogP contribution is -1.96. The van der Waals surface area contributed by atoms with Crippen LogP contribution in [0.3, 0.4) is 0 Å². The Morgan fingerprint density at radius 3 is 2.83 bits per heavy atom. The molecule has 0 aliphatic heterocycles. The van der Waals surface area contributed by atoms with Crippen molar-refractivity contribution in [2.75, 3.05) is 5.43 Å². The van der Waals surface area contributed by atoms with Crippen LogP contribution in [0.15, 0.2) is 53.6 Å². The minimum atomic E-state index is -0.526. The summed E-state index contributed by atoms with van der Waals surface area (Å²) in [4.78, 5) is 14.8. The molecular formula is C17H13ClN4O2. The Kier molecular flexibility index (Phi) is 4.39. The molecule has 2 aromatic carbocycles. The van der Waals surface area contributed by atoms with Gasteiger partial charge in [0.15, 0.2) is 0 Å². The van der Waals surface area contributed by atoms with Crippen molar-refractivity contribution in [2.45, 2.75) is 6.92 Å². The van der Waals surface area contributed by atoms with Crippen molar-refractivity contribution in [2.24, 2.45) is 5.10 Å². The van der Waals surface area contributed by atoms with Crippen molar-refractivity contribution in [1.29, 1.82) is 0 Å². The number of aryl methyl sites for hydroxylation is 1. The average Bonchev–Trinajstić information content (AvgIpc) is 2.56. The van der Waals surface area contributed by atoms with Gasteiger partial charge < -0.3 is 0 Å². The van der Waals surface area contributed by atoms with Crippen LogP contribution in [0, 0.1) is 17.0 Å². The van der Waals surface area contributed by atoms with E-state index in [1.54, 1.807) is 6.07 Å². The highest BCUT2D eigenvalue weighted by Gasteiger charge is 2.11. The van der Waals surface area contributed by atoms with Gasteiger partial charge in [0.05, 0.1) is 16.7 Å². The largest absolute Gasteiger partial charge is 0.288 e. The molecule has 7 heteroatoms. The van der Waals surface area contributed by atoms with E-state index in [1.807, 2.05) is 37.3 Å². The summed E-state index contributed by atoms with van der Waals surface area (Å²) >= 11 is 5.78. The van der Waals surface area contributed by atoms with Crippen LogP contribution in [0.1, 0.15) is 11.1 Å². The molecular weight excluding hydrogens is 328 g/mol. The Morgan fingerprint density at radius 1 is 1.25 bits per heavy atom. The van der Waals surface area contributed by atoms with Crippen LogP contribution in [0.5, 0.6) is 0 Å². The van der Waals surface area contributed by atoms with Gasteiger partial charge in [-0.2, -0.15) is 5.10 Å². The molecule has 3 rings (SSSR count). The number of nitro groups is 1. The molecule has 0 amide bonds. The molecule has 0 aliphatic rings. The van der Waals surface area contributed by atoms with E-state index in [-0.39, 0.29) is 10.7 Å². The topological polar surface area (TPSA) is 80.4 Å². The maximum atomic E-state index is 10.9. The van der Waals surface area contributed by atoms with Gasteiger partial charge >= 0.3 is 0 Å². The molecule has 6 nitrogen and oxygen atoms in total. The number of nitro benzene ring substituents is 1. The van der Waals surface area contributed by atoms with Crippen molar-refractivity contribution >= 4 is 40.2 Å². The molecule has 120 valence electrons. The monoisotopic (exact) mass is 340 g/mol. The van der Waals surface area contributed by atoms with E-state index in [2.05, 4.69) is 15.5 Å². The summed E-state index contributed by atoms with van der Waals surface area (Å²) in [5.74, 6) is 0.603. The fourth-order valence-electron chi connectivity index (χ4n) is 2.33. The van der Waals surface area contributed by atoms with Gasteiger partial charge in [0.25, 0.3) is 5.69 Å². The number of hydrogen-bond donors (Lipinski definition) is 1. The molecule has 24 heavy (non-hydrogen) atoms. The van der Waals surface area contributed by atoms with Crippen molar-refractivity contribution in [3.8, 4) is 0 Å². The Hall–Kier alpha value is -2.99. The summed E-state index contributed by atoms with van der Waals surface area (Å²) in [5, 5.41) is 16.1. The summed E-state index contributed by atoms with van der Waals surface area (Å²) in [6.45, 7) is 2.00. The molecule has 0 unspecified atom stereocenters. The second kappa shape index (κ2) is 6.64. The zero-order chi connectivity index (χ0) is 17.1. The van der Waals surface area contributed by atoms with Crippen molar-refractivity contribution < 1.29 is 4.92 Å². The van der Waals surface area contributed by atoms with Crippen molar-refractivity contribution in [3.63, 3.8) is 0 Å². The quantitative estimate of drug-likeness (QED) is 0.429. The zero-order valence-electron chi connectivity index (χ0n) is 12.7. The van der Waals surface area contributed by atoms with Crippen LogP contribution in [-0.2, 0) is 0 Å². The van der Waals surface area contributed by atoms with Crippen LogP contribution in [0.4, 0.5) is 11.5 Å². The molecule has 0 spiro atoms. The highest BCUT2D eigenvalue weighted by atomic mass is 35.5. The highest BCUT2D eigenvalue weighted by Crippen LogP contribution is 2.24. The fourth-order valence-corrected chi connectivity index (χ4v) is 2.52. The number of rotatable bonds is 4. The number of hydrazone groups is 1. The maximum Gasteiger partial charge on any atom is 0.288 e. The van der Waals surface area contributed by atoms with E-state index in [1.165, 1.54) is 18.3 Å². The molecule has 0 radical (unpaired) electrons. The lowest BCUT2D eigenvalue weighted by Gasteiger charge is -2.05. The van der Waals surface area contributed by atoms with E-state index in [0.717, 1.165) is 16.5 Å². The third-order valence-corrected chi connectivity index (χ3v) is 3.80. The summed E-state index contributed by atoms with van der Waals surface area (Å²) in [7, 11) is 0. The van der Waals surface area contributed by atoms with Gasteiger partial charge in [-0.3, -0.25) is 15.5 Å². The number of halogens is 1. The molecule has 0 atom stereocenters. The van der Waals surface area contributed by atoms with Gasteiger partial charge in [-0.1, -0.05) is 35.9 Å². The molecule has 0 bridgehead atoms. The van der Waals surface area contributed by atoms with Gasteiger partial charge in [0.1, 0.15) is 10.8 Å². The number of para-hydroxylation sites is 1. The average molecular weight is 341 g/mol. The first-order chi connectivity index (χ1) is 11.5. The van der Waals surface area contributed by atoms with Crippen LogP contribution in [-0.4, -0.2) is 16.1 Å². The lowest BCUT2D eigenvalue weighted by atomic mass is 10.1. The molecule has 1 N–H and O–H groups in total. The molecule has 0 fully saturated rings. The van der Waals surface area contributed by atoms with Gasteiger partial charge in [-0.05, 0) is 30.7 Å². The smallest absolute Gasteiger partial charge is 0.261 e. The first-order valence-electron chi connectivity index (χ1n) is 7.14. The van der Waals surface area contributed by atoms with Crippen LogP contribution in [0.2, 0.25) is 5.02 Å². The number of benzene rings is 2. The first kappa shape index (κ1) is 15.9. The number of hydrogen-bond acceptors (Lipinski definition) is 5. The van der Waals surface area contributed by atoms with Crippen LogP contribution >= 0.6 is 11.6 Å². The molecule has 0 saturated carbocycles. The number of nitrogens with one attached hydrogen (secondary N) is 1. The Labute approximate surface area is 142 Å². The summed E-state index contributed by atoms with van der Waals surface area (Å²) in [6.07, 6.45) is 1.48. The number of aromatic nitrogens is 1. The number of fused-ring (bicyclic) bond motifs is 1. The molecule has 1 heterocycles. The van der Waals surface area contributed by atoms with Crippen molar-refractivity contribution in [3.05, 3.63) is 74.8 Å². The molecule has 3 aromatic rings. The van der Waals surface area contributed by atoms with Gasteiger partial charge in [-0.15, -0.1) is 0 Å². The van der Waals surface area contributed by atoms with Gasteiger partial charge in [-0.25, -0.2) is 4.98 Å². The fraction of sp³-hybridized carbons (Fsp3) is 0.0588. The number of pyridine rings is 1. The van der Waals surface area contributed by atoms with Crippen LogP contribution in [0.25, 0.3) is 10.9 Å². The van der Waals surface area contributed by atoms with Gasteiger partial charge in [0, 0.05) is 17.0 Å². The third-order valence-electron chi connectivity index (χ3n) is 3.48. The Bertz CT molecular complexity index is 956. The van der Waals surface area contributed by atoms with E-state index < -0.39 is 4.92 Å². The second-order valence-electron chi connectivity index (χ2n) is 5.18. The maximum absolute atomic E-state index is 10.9. The normalized spacial score (nSPS) is 11.1. The summed E-state index contributed by atoms with van der Waals surface area (Å²) in [6, 6.07) is 14.2. The molecule has 0 aliphatic carbocycles. The number of anilines is 1. The zero-order valence-corrected chi connectivity index (χ0v) is 13.5. The predicted molar refractivity (Wildman–Crippen MR) is 95.8 cm³/mol. The standard InChI is InChI=1S/C17H13ClN4O2/c1-11-8-17(20-15-5-3-2-4-13(11)15)21-19-10-12-6-7-14(18)16(9-12)22(23)24/h2-10H,1H3,(H,20,21)/b19-10-. The first-order valence-corrected chi connectivity index (χ1v) is 7.52. The third kappa shape index (κ3) is 3.33. The van der Waals surface area contributed by atoms with E-state index >= 15 is 0 Å². The highest BCUT2D eigenvalue weighted by molar-refractivity contribution is 6.32. The summed E-state index contributed by atoms with van der Waals surface area (Å²) in [5.41, 5.74) is 5.21. The Morgan fingerprint density at radius 2 is 2.04 bits per heavy atom. The summed E-state index contributed by atoms with van der Waals surface area (Å²) < 4.78 is 0. The minimum absolute atomic E-state index is 0.0944. The van der Waals surface area contributed by atoms with E-state index in [9.17, 15) is 10.1 Å². The van der Waals surface area contributed by atoms with E-state index in [4.69, 9.17) is 11.6 Å². The lowest BCUT2D eigenvalue weighted by molar-refractivity contribution is -0.384. The Balaban J connectivity index is 1.82. The van der Waals surface area contributed by atoms with Gasteiger partial charge in [0.2, 0.25) is 0 Å². The van der Waals surface area contributed by atoms with Crippen LogP contribution < -0.4 is 5.43 Å². The second-order valence-corrected chi connectivity index (χ2v) is 5.59. The minimum Gasteiger partial charge on any atom is -0.261 e. The van der Waals surface area contributed by atoms with Crippen molar-refractivity contribution in [1.82, 2.24) is 4.98 Å². The molecule has 0 saturated heterocycles. The molecule has 1 aromatic heterocycles. The number of nitrogens with zero attached hydrogens (tertiary/aromatic N) is 3.